The summed E-state index contributed by atoms with van der Waals surface area (Å²) < 4.78 is 5.98. The Morgan fingerprint density at radius 2 is 1.96 bits per heavy atom. The molecular weight excluding hydrogens is 368 g/mol. The SMILES string of the molecule is O=C(c1ccc2cc(OCCCC3CCCNC3)ccc2c1)N1CCSCC1. The van der Waals surface area contributed by atoms with Gasteiger partial charge >= 0.3 is 0 Å². The van der Waals surface area contributed by atoms with Crippen molar-refractivity contribution in [2.45, 2.75) is 25.7 Å². The summed E-state index contributed by atoms with van der Waals surface area (Å²) in [6.45, 7) is 4.81. The summed E-state index contributed by atoms with van der Waals surface area (Å²) in [5.74, 6) is 3.96. The lowest BCUT2D eigenvalue weighted by atomic mass is 9.95. The number of ether oxygens (including phenoxy) is 1. The van der Waals surface area contributed by atoms with Crippen molar-refractivity contribution in [1.29, 1.82) is 0 Å². The van der Waals surface area contributed by atoms with Gasteiger partial charge in [0.25, 0.3) is 5.91 Å². The molecule has 4 rings (SSSR count). The van der Waals surface area contributed by atoms with E-state index in [0.29, 0.717) is 0 Å². The second kappa shape index (κ2) is 9.66. The number of nitrogens with one attached hydrogen (secondary N) is 1. The molecule has 0 aliphatic carbocycles. The van der Waals surface area contributed by atoms with Gasteiger partial charge in [0, 0.05) is 30.2 Å². The van der Waals surface area contributed by atoms with Crippen molar-refractivity contribution < 1.29 is 9.53 Å². The van der Waals surface area contributed by atoms with Crippen LogP contribution in [-0.4, -0.2) is 55.1 Å². The predicted molar refractivity (Wildman–Crippen MR) is 117 cm³/mol. The molecule has 2 aliphatic rings. The molecule has 5 heteroatoms. The smallest absolute Gasteiger partial charge is 0.253 e. The first-order chi connectivity index (χ1) is 13.8. The molecule has 0 saturated carbocycles. The van der Waals surface area contributed by atoms with Crippen LogP contribution in [-0.2, 0) is 0 Å². The quantitative estimate of drug-likeness (QED) is 0.741. The van der Waals surface area contributed by atoms with E-state index in [4.69, 9.17) is 4.74 Å². The zero-order valence-corrected chi connectivity index (χ0v) is 17.3. The van der Waals surface area contributed by atoms with Crippen LogP contribution in [0.1, 0.15) is 36.0 Å². The fourth-order valence-corrected chi connectivity index (χ4v) is 5.03. The third-order valence-corrected chi connectivity index (χ3v) is 6.72. The third kappa shape index (κ3) is 5.00. The van der Waals surface area contributed by atoms with Crippen LogP contribution in [0, 0.1) is 5.92 Å². The first kappa shape index (κ1) is 19.6. The van der Waals surface area contributed by atoms with Gasteiger partial charge in [-0.2, -0.15) is 11.8 Å². The zero-order valence-electron chi connectivity index (χ0n) is 16.5. The molecule has 4 nitrogen and oxygen atoms in total. The minimum Gasteiger partial charge on any atom is -0.494 e. The van der Waals surface area contributed by atoms with Crippen molar-refractivity contribution in [3.63, 3.8) is 0 Å². The number of fused-ring (bicyclic) bond motifs is 1. The Balaban J connectivity index is 1.33. The Kier molecular flexibility index (Phi) is 6.76. The first-order valence-electron chi connectivity index (χ1n) is 10.5. The van der Waals surface area contributed by atoms with Gasteiger partial charge in [-0.05, 0) is 79.7 Å². The van der Waals surface area contributed by atoms with Crippen LogP contribution in [0.4, 0.5) is 0 Å². The fourth-order valence-electron chi connectivity index (χ4n) is 4.13. The van der Waals surface area contributed by atoms with Crippen molar-refractivity contribution in [3.8, 4) is 5.75 Å². The van der Waals surface area contributed by atoms with Gasteiger partial charge in [-0.1, -0.05) is 12.1 Å². The average Bonchev–Trinajstić information content (AvgIpc) is 2.77. The molecule has 1 atom stereocenters. The second-order valence-electron chi connectivity index (χ2n) is 7.83. The number of hydrogen-bond acceptors (Lipinski definition) is 4. The van der Waals surface area contributed by atoms with E-state index in [-0.39, 0.29) is 5.91 Å². The molecule has 2 aliphatic heterocycles. The summed E-state index contributed by atoms with van der Waals surface area (Å²) in [6.07, 6.45) is 4.99. The zero-order chi connectivity index (χ0) is 19.2. The number of piperidine rings is 1. The highest BCUT2D eigenvalue weighted by Crippen LogP contribution is 2.24. The Labute approximate surface area is 172 Å². The monoisotopic (exact) mass is 398 g/mol. The van der Waals surface area contributed by atoms with Gasteiger partial charge in [-0.15, -0.1) is 0 Å². The van der Waals surface area contributed by atoms with Crippen molar-refractivity contribution in [2.24, 2.45) is 5.92 Å². The van der Waals surface area contributed by atoms with Crippen LogP contribution in [0.25, 0.3) is 10.8 Å². The molecule has 1 N–H and O–H groups in total. The number of benzene rings is 2. The fraction of sp³-hybridized carbons (Fsp3) is 0.522. The van der Waals surface area contributed by atoms with Crippen LogP contribution in [0.3, 0.4) is 0 Å². The topological polar surface area (TPSA) is 41.6 Å². The van der Waals surface area contributed by atoms with E-state index in [1.54, 1.807) is 0 Å². The van der Waals surface area contributed by atoms with Crippen LogP contribution >= 0.6 is 11.8 Å². The average molecular weight is 399 g/mol. The Bertz CT molecular complexity index is 798. The molecule has 0 spiro atoms. The number of thioether (sulfide) groups is 1. The van der Waals surface area contributed by atoms with E-state index in [1.165, 1.54) is 25.8 Å². The van der Waals surface area contributed by atoms with E-state index in [0.717, 1.165) is 72.2 Å². The van der Waals surface area contributed by atoms with E-state index in [9.17, 15) is 4.79 Å². The molecule has 2 fully saturated rings. The van der Waals surface area contributed by atoms with Gasteiger partial charge < -0.3 is 15.0 Å². The molecule has 1 amide bonds. The van der Waals surface area contributed by atoms with Crippen molar-refractivity contribution in [1.82, 2.24) is 10.2 Å². The lowest BCUT2D eigenvalue weighted by molar-refractivity contribution is 0.0772. The van der Waals surface area contributed by atoms with Crippen LogP contribution in [0.15, 0.2) is 36.4 Å². The minimum atomic E-state index is 0.153. The molecule has 2 aromatic carbocycles. The molecular formula is C23H30N2O2S. The first-order valence-corrected chi connectivity index (χ1v) is 11.7. The van der Waals surface area contributed by atoms with E-state index in [2.05, 4.69) is 17.4 Å². The van der Waals surface area contributed by atoms with Gasteiger partial charge in [0.1, 0.15) is 5.75 Å². The highest BCUT2D eigenvalue weighted by molar-refractivity contribution is 7.99. The van der Waals surface area contributed by atoms with Crippen LogP contribution < -0.4 is 10.1 Å². The van der Waals surface area contributed by atoms with Crippen LogP contribution in [0.5, 0.6) is 5.75 Å². The molecule has 2 aromatic rings. The highest BCUT2D eigenvalue weighted by Gasteiger charge is 2.18. The largest absolute Gasteiger partial charge is 0.494 e. The molecule has 150 valence electrons. The molecule has 0 aromatic heterocycles. The number of hydrogen-bond donors (Lipinski definition) is 1. The molecule has 2 heterocycles. The van der Waals surface area contributed by atoms with Gasteiger partial charge in [0.15, 0.2) is 0 Å². The van der Waals surface area contributed by atoms with E-state index in [1.807, 2.05) is 40.9 Å². The number of amides is 1. The summed E-state index contributed by atoms with van der Waals surface area (Å²) in [5, 5.41) is 5.70. The maximum Gasteiger partial charge on any atom is 0.253 e. The standard InChI is InChI=1S/C23H30N2O2S/c26-23(25-10-13-28-14-11-25)21-6-5-20-16-22(8-7-19(20)15-21)27-12-2-4-18-3-1-9-24-17-18/h5-8,15-16,18,24H,1-4,9-14,17H2. The molecule has 28 heavy (non-hydrogen) atoms. The predicted octanol–water partition coefficient (Wildman–Crippen LogP) is 4.19. The number of carbonyl (C=O) groups excluding carboxylic acids is 1. The maximum atomic E-state index is 12.7. The number of nitrogens with zero attached hydrogens (tertiary/aromatic N) is 1. The van der Waals surface area contributed by atoms with Gasteiger partial charge in [-0.3, -0.25) is 4.79 Å². The number of rotatable bonds is 6. The Morgan fingerprint density at radius 3 is 2.79 bits per heavy atom. The van der Waals surface area contributed by atoms with Gasteiger partial charge in [0.2, 0.25) is 0 Å². The van der Waals surface area contributed by atoms with Crippen molar-refractivity contribution in [2.75, 3.05) is 44.3 Å². The van der Waals surface area contributed by atoms with Crippen molar-refractivity contribution in [3.05, 3.63) is 42.0 Å². The summed E-state index contributed by atoms with van der Waals surface area (Å²) in [6, 6.07) is 12.2. The normalized spacial score (nSPS) is 20.3. The lowest BCUT2D eigenvalue weighted by Gasteiger charge is -2.26. The van der Waals surface area contributed by atoms with E-state index < -0.39 is 0 Å². The summed E-state index contributed by atoms with van der Waals surface area (Å²) in [7, 11) is 0. The summed E-state index contributed by atoms with van der Waals surface area (Å²) >= 11 is 1.92. The third-order valence-electron chi connectivity index (χ3n) is 5.78. The Hall–Kier alpha value is -1.72. The van der Waals surface area contributed by atoms with E-state index >= 15 is 0 Å². The summed E-state index contributed by atoms with van der Waals surface area (Å²) in [5.41, 5.74) is 0.786. The van der Waals surface area contributed by atoms with Crippen molar-refractivity contribution >= 4 is 28.4 Å². The molecule has 0 bridgehead atoms. The highest BCUT2D eigenvalue weighted by atomic mass is 32.2. The molecule has 0 radical (unpaired) electrons. The lowest BCUT2D eigenvalue weighted by Crippen LogP contribution is -2.37. The summed E-state index contributed by atoms with van der Waals surface area (Å²) in [4.78, 5) is 14.7. The second-order valence-corrected chi connectivity index (χ2v) is 9.06. The molecule has 2 saturated heterocycles. The van der Waals surface area contributed by atoms with Gasteiger partial charge in [-0.25, -0.2) is 0 Å². The number of carbonyl (C=O) groups is 1. The molecule has 1 unspecified atom stereocenters. The maximum absolute atomic E-state index is 12.7. The van der Waals surface area contributed by atoms with Gasteiger partial charge in [0.05, 0.1) is 6.61 Å². The Morgan fingerprint density at radius 1 is 1.14 bits per heavy atom. The van der Waals surface area contributed by atoms with Crippen LogP contribution in [0.2, 0.25) is 0 Å². The minimum absolute atomic E-state index is 0.153.